The number of phenols is 2. The highest BCUT2D eigenvalue weighted by Gasteiger charge is 2.54. The fourth-order valence-electron chi connectivity index (χ4n) is 10.6. The number of amides is 3. The lowest BCUT2D eigenvalue weighted by Gasteiger charge is -2.40. The molecule has 6 aromatic rings. The first-order chi connectivity index (χ1) is 41.3. The minimum atomic E-state index is -1.57. The lowest BCUT2D eigenvalue weighted by atomic mass is 9.77. The predicted octanol–water partition coefficient (Wildman–Crippen LogP) is -0.257. The summed E-state index contributed by atoms with van der Waals surface area (Å²) in [7, 11) is 5.89. The van der Waals surface area contributed by atoms with Crippen LogP contribution in [0.2, 0.25) is 0 Å². The number of rotatable bonds is 29. The third-order valence-corrected chi connectivity index (χ3v) is 15.3. The SMILES string of the molecule is C[N+](C)(C)[C@@H](CCCCn1cc(C[C@H]([NH3+])C(=O)NCCOCCOCCn2cc(CNC(=O)c3ccc4c(c3)C(=O)OC43c4ccc(O)cc4Oc4cc(O)ccc43)nn2)nn1)C(=O)NCC(CO[C@@H]1O[C@H](CO)[C@@H](O)[C@H](O)[C@H]1O)c1ccccc1. The maximum Gasteiger partial charge on any atom is 0.340 e. The number of benzene rings is 4. The second-order valence-electron chi connectivity index (χ2n) is 22.4. The van der Waals surface area contributed by atoms with Crippen molar-refractivity contribution in [3.8, 4) is 23.0 Å². The van der Waals surface area contributed by atoms with Crippen LogP contribution in [0, 0.1) is 0 Å². The van der Waals surface area contributed by atoms with Crippen molar-refractivity contribution >= 4 is 23.7 Å². The van der Waals surface area contributed by atoms with Gasteiger partial charge in [0.1, 0.15) is 53.1 Å². The average Bonchev–Trinajstić information content (AvgIpc) is 1.45. The van der Waals surface area contributed by atoms with Crippen molar-refractivity contribution in [3.05, 3.63) is 142 Å². The molecule has 8 atom stereocenters. The van der Waals surface area contributed by atoms with Gasteiger partial charge in [0, 0.05) is 72.6 Å². The van der Waals surface area contributed by atoms with Gasteiger partial charge in [-0.2, -0.15) is 0 Å². The number of hydrogen-bond donors (Lipinski definition) is 10. The fourth-order valence-corrected chi connectivity index (χ4v) is 10.6. The van der Waals surface area contributed by atoms with Gasteiger partial charge in [-0.05, 0) is 54.8 Å². The van der Waals surface area contributed by atoms with Crippen molar-refractivity contribution in [2.24, 2.45) is 0 Å². The van der Waals surface area contributed by atoms with Gasteiger partial charge in [0.25, 0.3) is 17.7 Å². The molecule has 1 saturated heterocycles. The lowest BCUT2D eigenvalue weighted by molar-refractivity contribution is -0.886. The summed E-state index contributed by atoms with van der Waals surface area (Å²) in [4.78, 5) is 53.4. The number of aromatic hydroxyl groups is 2. The zero-order valence-electron chi connectivity index (χ0n) is 48.1. The number of nitrogens with zero attached hydrogens (tertiary/aromatic N) is 7. The van der Waals surface area contributed by atoms with Gasteiger partial charge < -0.3 is 85.2 Å². The van der Waals surface area contributed by atoms with E-state index in [4.69, 9.17) is 28.4 Å². The number of nitrogens with one attached hydrogen (secondary N) is 3. The third-order valence-electron chi connectivity index (χ3n) is 15.3. The van der Waals surface area contributed by atoms with Crippen molar-refractivity contribution in [1.82, 2.24) is 45.9 Å². The molecule has 12 N–H and O–H groups in total. The van der Waals surface area contributed by atoms with E-state index in [-0.39, 0.29) is 97.2 Å². The molecule has 27 heteroatoms. The summed E-state index contributed by atoms with van der Waals surface area (Å²) in [5.74, 6) is -1.48. The van der Waals surface area contributed by atoms with Crippen LogP contribution in [-0.4, -0.2) is 205 Å². The Kier molecular flexibility index (Phi) is 20.4. The fraction of sp³-hybridized carbons (Fsp3) is 0.458. The molecule has 9 rings (SSSR count). The molecule has 0 bridgehead atoms. The van der Waals surface area contributed by atoms with E-state index >= 15 is 0 Å². The van der Waals surface area contributed by atoms with Crippen molar-refractivity contribution < 1.29 is 88.5 Å². The van der Waals surface area contributed by atoms with Gasteiger partial charge in [0.2, 0.25) is 0 Å². The monoisotopic (exact) mass is 1190 g/mol. The standard InChI is InChI=1S/C59H73N11O16/c1-70(2,3)47(56(79)62-29-37(35-9-5-4-6-10-35)34-83-58-53(76)52(75)51(74)50(33-71)85-58)11-7-8-19-68-31-38(64-66-68)26-46(60)55(78)61-18-21-81-23-24-82-22-20-69-32-39(65-67-69)30-63-54(77)36-12-15-43-42(25-36)57(80)86-59(43)44-16-13-40(72)27-48(44)84-49-28-41(73)14-17-45(49)59/h4-6,9-10,12-17,25,27-28,31-32,37,46-47,50-53,58,71,74-76H,7-8,11,18-24,26,29-30,33-34,60H2,1-3H3,(H4-,61,62,63,72,73,77,78,79)/p+2/t37?,46-,47-,50+,51+,52-,53+,58+/m0/s1. The van der Waals surface area contributed by atoms with Crippen LogP contribution in [0.25, 0.3) is 0 Å². The highest BCUT2D eigenvalue weighted by Crippen LogP contribution is 2.57. The van der Waals surface area contributed by atoms with Crippen LogP contribution in [0.5, 0.6) is 23.0 Å². The van der Waals surface area contributed by atoms with Crippen molar-refractivity contribution in [1.29, 1.82) is 0 Å². The summed E-state index contributed by atoms with van der Waals surface area (Å²) in [5, 5.41) is 86.4. The number of esters is 1. The van der Waals surface area contributed by atoms with Gasteiger partial charge in [0.15, 0.2) is 24.0 Å². The molecule has 27 nitrogen and oxygen atoms in total. The molecule has 3 aliphatic heterocycles. The smallest absolute Gasteiger partial charge is 0.340 e. The minimum absolute atomic E-state index is 0.00516. The number of carbonyl (C=O) groups is 4. The molecule has 5 heterocycles. The Morgan fingerprint density at radius 1 is 0.756 bits per heavy atom. The number of aryl methyl sites for hydroxylation is 1. The van der Waals surface area contributed by atoms with Gasteiger partial charge in [-0.15, -0.1) is 10.2 Å². The van der Waals surface area contributed by atoms with Crippen LogP contribution in [-0.2, 0) is 64.9 Å². The second kappa shape index (κ2) is 28.0. The molecule has 0 saturated carbocycles. The zero-order chi connectivity index (χ0) is 61.1. The van der Waals surface area contributed by atoms with Gasteiger partial charge in [0.05, 0.1) is 97.7 Å². The molecular weight excluding hydrogens is 1120 g/mol. The Morgan fingerprint density at radius 2 is 1.42 bits per heavy atom. The van der Waals surface area contributed by atoms with Crippen LogP contribution in [0.3, 0.4) is 0 Å². The number of quaternary nitrogens is 2. The van der Waals surface area contributed by atoms with E-state index in [1.54, 1.807) is 46.0 Å². The van der Waals surface area contributed by atoms with Crippen molar-refractivity contribution in [2.45, 2.75) is 99.6 Å². The number of aromatic nitrogens is 6. The first-order valence-corrected chi connectivity index (χ1v) is 28.4. The Morgan fingerprint density at radius 3 is 2.12 bits per heavy atom. The van der Waals surface area contributed by atoms with Gasteiger partial charge in [-0.3, -0.25) is 19.1 Å². The maximum absolute atomic E-state index is 13.8. The Bertz CT molecular complexity index is 3250. The summed E-state index contributed by atoms with van der Waals surface area (Å²) in [6.07, 6.45) is -1.26. The summed E-state index contributed by atoms with van der Waals surface area (Å²) in [6, 6.07) is 22.1. The van der Waals surface area contributed by atoms with Crippen molar-refractivity contribution in [2.75, 3.05) is 73.9 Å². The largest absolute Gasteiger partial charge is 0.508 e. The molecule has 0 aliphatic carbocycles. The molecule has 4 aromatic carbocycles. The normalized spacial score (nSPS) is 19.5. The number of hydrogen-bond acceptors (Lipinski definition) is 20. The van der Waals surface area contributed by atoms with Gasteiger partial charge in [-0.25, -0.2) is 9.48 Å². The number of fused-ring (bicyclic) bond motifs is 6. The van der Waals surface area contributed by atoms with Crippen LogP contribution < -0.4 is 26.4 Å². The summed E-state index contributed by atoms with van der Waals surface area (Å²) in [5.41, 5.74) is 6.37. The topological polar surface area (TPSA) is 370 Å². The molecule has 2 aromatic heterocycles. The third kappa shape index (κ3) is 14.8. The molecule has 1 spiro atoms. The minimum Gasteiger partial charge on any atom is -0.508 e. The highest BCUT2D eigenvalue weighted by molar-refractivity contribution is 6.01. The van der Waals surface area contributed by atoms with E-state index < -0.39 is 60.8 Å². The summed E-state index contributed by atoms with van der Waals surface area (Å²) >= 11 is 0. The van der Waals surface area contributed by atoms with Crippen molar-refractivity contribution in [3.63, 3.8) is 0 Å². The molecule has 86 heavy (non-hydrogen) atoms. The van der Waals surface area contributed by atoms with Crippen LogP contribution in [0.15, 0.2) is 97.3 Å². The number of likely N-dealkylation sites (N-methyl/N-ethyl adjacent to an activating group) is 1. The van der Waals surface area contributed by atoms with Gasteiger partial charge in [-0.1, -0.05) is 46.8 Å². The first kappa shape index (κ1) is 62.6. The highest BCUT2D eigenvalue weighted by atomic mass is 16.7. The van der Waals surface area contributed by atoms with E-state index in [2.05, 4.69) is 42.3 Å². The first-order valence-electron chi connectivity index (χ1n) is 28.4. The molecule has 460 valence electrons. The molecule has 3 aliphatic rings. The maximum atomic E-state index is 13.8. The predicted molar refractivity (Wildman–Crippen MR) is 302 cm³/mol. The van der Waals surface area contributed by atoms with E-state index in [9.17, 15) is 49.8 Å². The number of carbonyl (C=O) groups excluding carboxylic acids is 4. The molecule has 3 amide bonds. The molecular formula is C59H75N11O16+2. The Hall–Kier alpha value is -7.96. The van der Waals surface area contributed by atoms with E-state index in [1.165, 1.54) is 30.3 Å². The zero-order valence-corrected chi connectivity index (χ0v) is 48.1. The average molecular weight is 1190 g/mol. The summed E-state index contributed by atoms with van der Waals surface area (Å²) < 4.78 is 38.6. The molecule has 0 radical (unpaired) electrons. The quantitative estimate of drug-likeness (QED) is 0.0164. The number of ether oxygens (including phenoxy) is 6. The van der Waals surface area contributed by atoms with E-state index in [0.717, 1.165) is 12.0 Å². The number of aliphatic hydroxyl groups is 4. The summed E-state index contributed by atoms with van der Waals surface area (Å²) in [6.45, 7) is 2.08. The second-order valence-corrected chi connectivity index (χ2v) is 22.4. The van der Waals surface area contributed by atoms with Gasteiger partial charge >= 0.3 is 5.97 Å². The molecule has 1 unspecified atom stereocenters. The number of aliphatic hydroxyl groups excluding tert-OH is 4. The number of unbranched alkanes of at least 4 members (excludes halogenated alkanes) is 1. The van der Waals surface area contributed by atoms with Crippen LogP contribution in [0.4, 0.5) is 0 Å². The van der Waals surface area contributed by atoms with Crippen LogP contribution >= 0.6 is 0 Å². The molecule has 1 fully saturated rings. The van der Waals surface area contributed by atoms with E-state index in [0.29, 0.717) is 78.3 Å². The lowest BCUT2D eigenvalue weighted by Crippen LogP contribution is -2.68. The van der Waals surface area contributed by atoms with E-state index in [1.807, 2.05) is 51.5 Å². The Labute approximate surface area is 495 Å². The Balaban J connectivity index is 0.628. The number of phenolic OH excluding ortho intramolecular Hbond substituents is 2. The van der Waals surface area contributed by atoms with Crippen LogP contribution in [0.1, 0.15) is 79.5 Å².